The summed E-state index contributed by atoms with van der Waals surface area (Å²) in [7, 11) is 1.60. The van der Waals surface area contributed by atoms with Crippen LogP contribution in [0.2, 0.25) is 5.28 Å². The zero-order valence-electron chi connectivity index (χ0n) is 12.2. The highest BCUT2D eigenvalue weighted by Crippen LogP contribution is 2.15. The van der Waals surface area contributed by atoms with Gasteiger partial charge in [-0.1, -0.05) is 12.1 Å². The van der Waals surface area contributed by atoms with E-state index in [4.69, 9.17) is 22.9 Å². The molecule has 3 rings (SSSR count). The van der Waals surface area contributed by atoms with Gasteiger partial charge in [-0.2, -0.15) is 4.98 Å². The van der Waals surface area contributed by atoms with Crippen LogP contribution in [0.25, 0.3) is 16.0 Å². The first-order chi connectivity index (χ1) is 11.1. The molecule has 0 atom stereocenters. The summed E-state index contributed by atoms with van der Waals surface area (Å²) >= 11 is 5.94. The summed E-state index contributed by atoms with van der Waals surface area (Å²) in [5, 5.41) is -0.0341. The SMILES string of the molecule is [C-]#[N+]Cn1c(Cl)nc2ncn(Cc3ccc(OC)cc3)c2c1=O. The molecule has 3 aromatic rings. The van der Waals surface area contributed by atoms with Crippen molar-refractivity contribution in [3.05, 3.63) is 63.2 Å². The standard InChI is InChI=1S/C15H12ClN5O2/c1-17-8-21-14(22)12-13(19-15(21)16)18-9-20(12)7-10-3-5-11(23-2)6-4-10/h3-6,9H,7-8H2,2H3. The third kappa shape index (κ3) is 2.76. The lowest BCUT2D eigenvalue weighted by Gasteiger charge is -2.06. The molecule has 23 heavy (non-hydrogen) atoms. The molecule has 0 radical (unpaired) electrons. The van der Waals surface area contributed by atoms with Crippen molar-refractivity contribution in [3.8, 4) is 5.75 Å². The molecule has 0 aliphatic rings. The van der Waals surface area contributed by atoms with E-state index in [-0.39, 0.29) is 23.2 Å². The van der Waals surface area contributed by atoms with Crippen LogP contribution >= 0.6 is 11.6 Å². The van der Waals surface area contributed by atoms with Crippen LogP contribution in [0.15, 0.2) is 35.4 Å². The fourth-order valence-corrected chi connectivity index (χ4v) is 2.48. The molecule has 0 unspecified atom stereocenters. The van der Waals surface area contributed by atoms with Crippen LogP contribution < -0.4 is 10.3 Å². The maximum Gasteiger partial charge on any atom is 0.297 e. The van der Waals surface area contributed by atoms with E-state index in [0.717, 1.165) is 15.9 Å². The van der Waals surface area contributed by atoms with Gasteiger partial charge in [0.15, 0.2) is 11.2 Å². The Morgan fingerprint density at radius 3 is 2.74 bits per heavy atom. The minimum absolute atomic E-state index is 0.0341. The van der Waals surface area contributed by atoms with Gasteiger partial charge in [-0.15, -0.1) is 0 Å². The second kappa shape index (κ2) is 6.10. The van der Waals surface area contributed by atoms with Crippen LogP contribution in [0, 0.1) is 6.57 Å². The molecule has 0 N–H and O–H groups in total. The number of fused-ring (bicyclic) bond motifs is 1. The Kier molecular flexibility index (Phi) is 4.00. The minimum atomic E-state index is -0.373. The highest BCUT2D eigenvalue weighted by Gasteiger charge is 2.15. The van der Waals surface area contributed by atoms with Crippen molar-refractivity contribution < 1.29 is 4.74 Å². The Balaban J connectivity index is 2.06. The lowest BCUT2D eigenvalue weighted by molar-refractivity contribution is 0.414. The molecule has 0 fully saturated rings. The number of hydrogen-bond donors (Lipinski definition) is 0. The number of imidazole rings is 1. The second-order valence-corrected chi connectivity index (χ2v) is 5.14. The third-order valence-electron chi connectivity index (χ3n) is 3.41. The van der Waals surface area contributed by atoms with Gasteiger partial charge < -0.3 is 9.30 Å². The Bertz CT molecular complexity index is 953. The molecule has 7 nitrogen and oxygen atoms in total. The fraction of sp³-hybridized carbons (Fsp3) is 0.200. The molecule has 0 saturated carbocycles. The Hall–Kier alpha value is -2.85. The molecule has 0 amide bonds. The molecule has 0 saturated heterocycles. The molecular formula is C15H12ClN5O2. The fourth-order valence-electron chi connectivity index (χ4n) is 2.27. The highest BCUT2D eigenvalue weighted by molar-refractivity contribution is 6.28. The number of rotatable bonds is 4. The number of nitrogens with zero attached hydrogens (tertiary/aromatic N) is 5. The first kappa shape index (κ1) is 15.1. The summed E-state index contributed by atoms with van der Waals surface area (Å²) in [6.07, 6.45) is 1.54. The van der Waals surface area contributed by atoms with E-state index in [9.17, 15) is 4.79 Å². The van der Waals surface area contributed by atoms with Gasteiger partial charge in [0, 0.05) is 6.54 Å². The van der Waals surface area contributed by atoms with Crippen molar-refractivity contribution in [2.75, 3.05) is 7.11 Å². The monoisotopic (exact) mass is 329 g/mol. The van der Waals surface area contributed by atoms with E-state index in [1.165, 1.54) is 0 Å². The van der Waals surface area contributed by atoms with Gasteiger partial charge in [0.25, 0.3) is 12.2 Å². The normalized spacial score (nSPS) is 10.7. The largest absolute Gasteiger partial charge is 0.497 e. The van der Waals surface area contributed by atoms with E-state index in [0.29, 0.717) is 12.1 Å². The number of halogens is 1. The summed E-state index contributed by atoms with van der Waals surface area (Å²) in [6.45, 7) is 7.20. The smallest absolute Gasteiger partial charge is 0.297 e. The summed E-state index contributed by atoms with van der Waals surface area (Å²) in [6, 6.07) is 7.51. The van der Waals surface area contributed by atoms with Crippen molar-refractivity contribution >= 4 is 22.8 Å². The van der Waals surface area contributed by atoms with Crippen molar-refractivity contribution in [2.24, 2.45) is 0 Å². The van der Waals surface area contributed by atoms with Gasteiger partial charge in [-0.25, -0.2) is 16.1 Å². The number of benzene rings is 1. The molecule has 0 bridgehead atoms. The zero-order chi connectivity index (χ0) is 16.4. The third-order valence-corrected chi connectivity index (χ3v) is 3.70. The first-order valence-electron chi connectivity index (χ1n) is 6.71. The van der Waals surface area contributed by atoms with Crippen LogP contribution in [-0.2, 0) is 13.2 Å². The average Bonchev–Trinajstić information content (AvgIpc) is 2.95. The number of aromatic nitrogens is 4. The van der Waals surface area contributed by atoms with Crippen LogP contribution in [0.5, 0.6) is 5.75 Å². The molecule has 2 aromatic heterocycles. The van der Waals surface area contributed by atoms with Gasteiger partial charge in [0.1, 0.15) is 5.75 Å². The van der Waals surface area contributed by atoms with Gasteiger partial charge >= 0.3 is 0 Å². The van der Waals surface area contributed by atoms with Crippen molar-refractivity contribution in [2.45, 2.75) is 13.2 Å². The summed E-state index contributed by atoms with van der Waals surface area (Å²) in [4.78, 5) is 23.9. The summed E-state index contributed by atoms with van der Waals surface area (Å²) in [5.41, 5.74) is 1.21. The molecule has 2 heterocycles. The van der Waals surface area contributed by atoms with Crippen LogP contribution in [0.4, 0.5) is 0 Å². The number of methoxy groups -OCH3 is 1. The van der Waals surface area contributed by atoms with Gasteiger partial charge in [-0.3, -0.25) is 9.64 Å². The average molecular weight is 330 g/mol. The number of ether oxygens (including phenoxy) is 1. The van der Waals surface area contributed by atoms with Crippen LogP contribution in [0.1, 0.15) is 5.56 Å². The zero-order valence-corrected chi connectivity index (χ0v) is 13.0. The Labute approximate surface area is 136 Å². The predicted octanol–water partition coefficient (Wildman–Crippen LogP) is 2.18. The van der Waals surface area contributed by atoms with E-state index in [1.807, 2.05) is 24.3 Å². The highest BCUT2D eigenvalue weighted by atomic mass is 35.5. The van der Waals surface area contributed by atoms with Crippen molar-refractivity contribution in [3.63, 3.8) is 0 Å². The summed E-state index contributed by atoms with van der Waals surface area (Å²) < 4.78 is 7.95. The van der Waals surface area contributed by atoms with Crippen LogP contribution in [0.3, 0.4) is 0 Å². The van der Waals surface area contributed by atoms with E-state index in [1.54, 1.807) is 18.0 Å². The maximum atomic E-state index is 12.5. The number of hydrogen-bond acceptors (Lipinski definition) is 4. The van der Waals surface area contributed by atoms with E-state index >= 15 is 0 Å². The molecule has 0 spiro atoms. The predicted molar refractivity (Wildman–Crippen MR) is 85.5 cm³/mol. The Morgan fingerprint density at radius 1 is 1.35 bits per heavy atom. The minimum Gasteiger partial charge on any atom is -0.497 e. The van der Waals surface area contributed by atoms with E-state index < -0.39 is 0 Å². The first-order valence-corrected chi connectivity index (χ1v) is 7.09. The summed E-state index contributed by atoms with van der Waals surface area (Å²) in [5.74, 6) is 0.761. The molecule has 0 aliphatic carbocycles. The second-order valence-electron chi connectivity index (χ2n) is 4.81. The molecule has 116 valence electrons. The Morgan fingerprint density at radius 2 is 2.09 bits per heavy atom. The van der Waals surface area contributed by atoms with Crippen molar-refractivity contribution in [1.29, 1.82) is 0 Å². The lowest BCUT2D eigenvalue weighted by Crippen LogP contribution is -2.23. The van der Waals surface area contributed by atoms with Gasteiger partial charge in [0.2, 0.25) is 5.28 Å². The lowest BCUT2D eigenvalue weighted by atomic mass is 10.2. The van der Waals surface area contributed by atoms with Crippen molar-refractivity contribution in [1.82, 2.24) is 19.1 Å². The maximum absolute atomic E-state index is 12.5. The topological polar surface area (TPSA) is 66.3 Å². The van der Waals surface area contributed by atoms with Gasteiger partial charge in [-0.05, 0) is 29.3 Å². The van der Waals surface area contributed by atoms with Crippen LogP contribution in [-0.4, -0.2) is 26.2 Å². The molecule has 8 heteroatoms. The molecular weight excluding hydrogens is 318 g/mol. The van der Waals surface area contributed by atoms with E-state index in [2.05, 4.69) is 14.8 Å². The quantitative estimate of drug-likeness (QED) is 0.543. The van der Waals surface area contributed by atoms with Gasteiger partial charge in [0.05, 0.1) is 13.4 Å². The molecule has 0 aliphatic heterocycles. The molecule has 1 aromatic carbocycles.